The van der Waals surface area contributed by atoms with Gasteiger partial charge in [0, 0.05) is 18.4 Å². The maximum absolute atomic E-state index is 13.4. The normalized spacial score (nSPS) is 24.2. The summed E-state index contributed by atoms with van der Waals surface area (Å²) in [4.78, 5) is 0.250. The van der Waals surface area contributed by atoms with E-state index in [1.165, 1.54) is 12.1 Å². The second-order valence-electron chi connectivity index (χ2n) is 5.75. The second kappa shape index (κ2) is 5.48. The number of aliphatic hydroxyl groups excluding tert-OH is 1. The number of aliphatic hydroxyl groups is 1. The smallest absolute Gasteiger partial charge is 0.182 e. The minimum Gasteiger partial charge on any atom is -0.396 e. The monoisotopic (exact) mass is 320 g/mol. The Morgan fingerprint density at radius 2 is 1.82 bits per heavy atom. The van der Waals surface area contributed by atoms with Crippen LogP contribution in [0, 0.1) is 18.7 Å². The summed E-state index contributed by atoms with van der Waals surface area (Å²) < 4.78 is 38.8. The van der Waals surface area contributed by atoms with Crippen LogP contribution in [0.4, 0.5) is 4.39 Å². The van der Waals surface area contributed by atoms with Crippen LogP contribution in [-0.4, -0.2) is 25.4 Å². The first kappa shape index (κ1) is 15.2. The molecule has 0 aliphatic heterocycles. The van der Waals surface area contributed by atoms with Crippen LogP contribution in [0.2, 0.25) is 0 Å². The first-order valence-corrected chi connectivity index (χ1v) is 8.66. The Bertz CT molecular complexity index is 784. The molecule has 0 aromatic heterocycles. The highest BCUT2D eigenvalue weighted by Crippen LogP contribution is 2.53. The summed E-state index contributed by atoms with van der Waals surface area (Å²) in [5, 5.41) is 8.78. The van der Waals surface area contributed by atoms with E-state index in [-0.39, 0.29) is 23.3 Å². The Labute approximate surface area is 129 Å². The second-order valence-corrected chi connectivity index (χ2v) is 7.86. The molecule has 0 saturated heterocycles. The van der Waals surface area contributed by atoms with Gasteiger partial charge in [-0.1, -0.05) is 29.8 Å². The van der Waals surface area contributed by atoms with Crippen molar-refractivity contribution in [3.05, 3.63) is 65.5 Å². The first-order chi connectivity index (χ1) is 10.4. The van der Waals surface area contributed by atoms with E-state index in [9.17, 15) is 17.9 Å². The average molecular weight is 320 g/mol. The minimum atomic E-state index is -3.54. The molecule has 0 heterocycles. The third-order valence-corrected chi connectivity index (χ3v) is 6.54. The lowest BCUT2D eigenvalue weighted by Gasteiger charge is -2.05. The predicted molar refractivity (Wildman–Crippen MR) is 81.9 cm³/mol. The molecule has 3 nitrogen and oxygen atoms in total. The molecule has 1 saturated carbocycles. The number of benzene rings is 2. The fourth-order valence-corrected chi connectivity index (χ4v) is 5.22. The number of hydrogen-bond donors (Lipinski definition) is 1. The third kappa shape index (κ3) is 2.55. The van der Waals surface area contributed by atoms with Crippen molar-refractivity contribution in [2.45, 2.75) is 23.0 Å². The Morgan fingerprint density at radius 1 is 1.14 bits per heavy atom. The zero-order chi connectivity index (χ0) is 15.9. The number of halogens is 1. The summed E-state index contributed by atoms with van der Waals surface area (Å²) in [5.74, 6) is -1.13. The van der Waals surface area contributed by atoms with Crippen LogP contribution >= 0.6 is 0 Å². The Kier molecular flexibility index (Phi) is 3.78. The molecule has 0 amide bonds. The van der Waals surface area contributed by atoms with Crippen LogP contribution in [0.1, 0.15) is 17.0 Å². The summed E-state index contributed by atoms with van der Waals surface area (Å²) >= 11 is 0. The average Bonchev–Trinajstić information content (AvgIpc) is 3.23. The lowest BCUT2D eigenvalue weighted by Crippen LogP contribution is -2.11. The van der Waals surface area contributed by atoms with Crippen molar-refractivity contribution >= 4 is 9.84 Å². The standard InChI is InChI=1S/C17H17FO3S/c1-11-5-7-14(8-6-11)22(20,21)17-15(10-19)16(17)12-3-2-4-13(18)9-12/h2-9,15-17,19H,10H2,1H3/t15-,16-,17-/m1/s1. The van der Waals surface area contributed by atoms with Gasteiger partial charge in [-0.25, -0.2) is 12.8 Å². The molecule has 0 unspecified atom stereocenters. The van der Waals surface area contributed by atoms with Crippen LogP contribution in [0.15, 0.2) is 53.4 Å². The molecular weight excluding hydrogens is 303 g/mol. The fraction of sp³-hybridized carbons (Fsp3) is 0.294. The molecule has 1 N–H and O–H groups in total. The zero-order valence-corrected chi connectivity index (χ0v) is 12.9. The molecule has 1 aliphatic carbocycles. The maximum Gasteiger partial charge on any atom is 0.182 e. The van der Waals surface area contributed by atoms with Gasteiger partial charge < -0.3 is 5.11 Å². The predicted octanol–water partition coefficient (Wildman–Crippen LogP) is 2.68. The molecule has 3 rings (SSSR count). The summed E-state index contributed by atoms with van der Waals surface area (Å²) in [6.45, 7) is 1.66. The molecule has 1 fully saturated rings. The van der Waals surface area contributed by atoms with Gasteiger partial charge in [0.1, 0.15) is 5.82 Å². The van der Waals surface area contributed by atoms with Gasteiger partial charge in [-0.3, -0.25) is 0 Å². The van der Waals surface area contributed by atoms with Crippen molar-refractivity contribution in [1.29, 1.82) is 0 Å². The van der Waals surface area contributed by atoms with E-state index in [2.05, 4.69) is 0 Å². The summed E-state index contributed by atoms with van der Waals surface area (Å²) in [7, 11) is -3.54. The van der Waals surface area contributed by atoms with Gasteiger partial charge in [0.2, 0.25) is 0 Å². The minimum absolute atomic E-state index is 0.225. The number of aryl methyl sites for hydroxylation is 1. The number of hydrogen-bond acceptors (Lipinski definition) is 3. The molecule has 5 heteroatoms. The Morgan fingerprint density at radius 3 is 2.41 bits per heavy atom. The van der Waals surface area contributed by atoms with E-state index in [4.69, 9.17) is 0 Å². The molecule has 116 valence electrons. The van der Waals surface area contributed by atoms with Gasteiger partial charge in [-0.2, -0.15) is 0 Å². The fourth-order valence-electron chi connectivity index (χ4n) is 3.02. The SMILES string of the molecule is Cc1ccc(S(=O)(=O)[C@@H]2[C@H](CO)[C@H]2c2cccc(F)c2)cc1. The van der Waals surface area contributed by atoms with E-state index in [1.807, 2.05) is 6.92 Å². The Hall–Kier alpha value is -1.72. The lowest BCUT2D eigenvalue weighted by molar-refractivity contribution is 0.274. The highest BCUT2D eigenvalue weighted by Gasteiger charge is 2.58. The van der Waals surface area contributed by atoms with E-state index < -0.39 is 20.9 Å². The topological polar surface area (TPSA) is 54.4 Å². The third-order valence-electron chi connectivity index (χ3n) is 4.25. The van der Waals surface area contributed by atoms with Crippen LogP contribution in [0.5, 0.6) is 0 Å². The van der Waals surface area contributed by atoms with E-state index in [0.717, 1.165) is 5.56 Å². The number of rotatable bonds is 4. The van der Waals surface area contributed by atoms with E-state index >= 15 is 0 Å². The molecule has 3 atom stereocenters. The summed E-state index contributed by atoms with van der Waals surface area (Å²) in [6.07, 6.45) is 0. The van der Waals surface area contributed by atoms with E-state index in [0.29, 0.717) is 5.56 Å². The quantitative estimate of drug-likeness (QED) is 0.942. The molecule has 22 heavy (non-hydrogen) atoms. The highest BCUT2D eigenvalue weighted by molar-refractivity contribution is 7.92. The lowest BCUT2D eigenvalue weighted by atomic mass is 10.1. The van der Waals surface area contributed by atoms with Gasteiger partial charge in [-0.15, -0.1) is 0 Å². The molecule has 2 aromatic carbocycles. The van der Waals surface area contributed by atoms with Crippen LogP contribution in [0.25, 0.3) is 0 Å². The van der Waals surface area contributed by atoms with Crippen LogP contribution in [0.3, 0.4) is 0 Å². The van der Waals surface area contributed by atoms with Gasteiger partial charge in [-0.05, 0) is 36.8 Å². The van der Waals surface area contributed by atoms with Crippen LogP contribution < -0.4 is 0 Å². The van der Waals surface area contributed by atoms with Crippen molar-refractivity contribution in [2.75, 3.05) is 6.61 Å². The van der Waals surface area contributed by atoms with Crippen molar-refractivity contribution in [3.8, 4) is 0 Å². The van der Waals surface area contributed by atoms with Gasteiger partial charge in [0.25, 0.3) is 0 Å². The maximum atomic E-state index is 13.4. The zero-order valence-electron chi connectivity index (χ0n) is 12.1. The van der Waals surface area contributed by atoms with Gasteiger partial charge in [0.05, 0.1) is 10.1 Å². The van der Waals surface area contributed by atoms with Gasteiger partial charge >= 0.3 is 0 Å². The molecule has 1 aliphatic rings. The summed E-state index contributed by atoms with van der Waals surface area (Å²) in [6, 6.07) is 12.6. The van der Waals surface area contributed by atoms with Gasteiger partial charge in [0.15, 0.2) is 9.84 Å². The highest BCUT2D eigenvalue weighted by atomic mass is 32.2. The number of sulfone groups is 1. The largest absolute Gasteiger partial charge is 0.396 e. The van der Waals surface area contributed by atoms with Crippen molar-refractivity contribution in [3.63, 3.8) is 0 Å². The first-order valence-electron chi connectivity index (χ1n) is 7.12. The molecular formula is C17H17FO3S. The van der Waals surface area contributed by atoms with Crippen molar-refractivity contribution in [1.82, 2.24) is 0 Å². The Balaban J connectivity index is 1.95. The van der Waals surface area contributed by atoms with Crippen molar-refractivity contribution in [2.24, 2.45) is 5.92 Å². The molecule has 0 bridgehead atoms. The van der Waals surface area contributed by atoms with E-state index in [1.54, 1.807) is 36.4 Å². The molecule has 0 spiro atoms. The van der Waals surface area contributed by atoms with Crippen LogP contribution in [-0.2, 0) is 9.84 Å². The van der Waals surface area contributed by atoms with Crippen molar-refractivity contribution < 1.29 is 17.9 Å². The molecule has 0 radical (unpaired) electrons. The summed E-state index contributed by atoms with van der Waals surface area (Å²) in [5.41, 5.74) is 1.61. The molecule has 2 aromatic rings.